The highest BCUT2D eigenvalue weighted by Crippen LogP contribution is 2.16. The standard InChI is InChI=1S/C16H25N3O2/c1-12(3-4-13-5-7-14(20)8-6-13)19-10-9-18-11-15(19)16(21)17-2/h5-8,12,15,18,20H,3-4,9-11H2,1-2H3,(H,17,21). The smallest absolute Gasteiger partial charge is 0.238 e. The molecule has 0 bridgehead atoms. The van der Waals surface area contributed by atoms with Gasteiger partial charge in [0.05, 0.1) is 0 Å². The molecule has 5 heteroatoms. The first-order valence-electron chi connectivity index (χ1n) is 7.57. The molecule has 1 aliphatic heterocycles. The molecule has 0 radical (unpaired) electrons. The zero-order chi connectivity index (χ0) is 15.2. The van der Waals surface area contributed by atoms with Crippen LogP contribution >= 0.6 is 0 Å². The molecule has 1 heterocycles. The molecule has 0 saturated carbocycles. The quantitative estimate of drug-likeness (QED) is 0.748. The molecule has 5 nitrogen and oxygen atoms in total. The summed E-state index contributed by atoms with van der Waals surface area (Å²) in [5.41, 5.74) is 1.21. The SMILES string of the molecule is CNC(=O)C1CNCCN1C(C)CCc1ccc(O)cc1. The normalized spacial score (nSPS) is 21.0. The molecule has 0 spiro atoms. The summed E-state index contributed by atoms with van der Waals surface area (Å²) in [7, 11) is 1.69. The topological polar surface area (TPSA) is 64.6 Å². The fourth-order valence-electron chi connectivity index (χ4n) is 2.86. The maximum absolute atomic E-state index is 12.0. The molecule has 0 aliphatic carbocycles. The first-order valence-corrected chi connectivity index (χ1v) is 7.57. The Bertz CT molecular complexity index is 461. The Kier molecular flexibility index (Phi) is 5.59. The van der Waals surface area contributed by atoms with E-state index in [-0.39, 0.29) is 11.9 Å². The van der Waals surface area contributed by atoms with Crippen molar-refractivity contribution >= 4 is 5.91 Å². The van der Waals surface area contributed by atoms with E-state index in [1.807, 2.05) is 12.1 Å². The van der Waals surface area contributed by atoms with Gasteiger partial charge in [-0.05, 0) is 37.5 Å². The highest BCUT2D eigenvalue weighted by molar-refractivity contribution is 5.81. The molecule has 1 saturated heterocycles. The fourth-order valence-corrected chi connectivity index (χ4v) is 2.86. The Balaban J connectivity index is 1.92. The van der Waals surface area contributed by atoms with Crippen LogP contribution in [0.1, 0.15) is 18.9 Å². The number of benzene rings is 1. The van der Waals surface area contributed by atoms with Crippen LogP contribution in [0.25, 0.3) is 0 Å². The fraction of sp³-hybridized carbons (Fsp3) is 0.562. The average molecular weight is 291 g/mol. The number of amides is 1. The number of aromatic hydroxyl groups is 1. The van der Waals surface area contributed by atoms with Gasteiger partial charge in [-0.25, -0.2) is 0 Å². The molecule has 2 unspecified atom stereocenters. The predicted molar refractivity (Wildman–Crippen MR) is 83.3 cm³/mol. The zero-order valence-corrected chi connectivity index (χ0v) is 12.8. The lowest BCUT2D eigenvalue weighted by Crippen LogP contribution is -2.59. The first kappa shape index (κ1) is 15.8. The zero-order valence-electron chi connectivity index (χ0n) is 12.8. The second-order valence-corrected chi connectivity index (χ2v) is 5.63. The summed E-state index contributed by atoms with van der Waals surface area (Å²) < 4.78 is 0. The third-order valence-corrected chi connectivity index (χ3v) is 4.19. The van der Waals surface area contributed by atoms with Crippen LogP contribution in [0.5, 0.6) is 5.75 Å². The Morgan fingerprint density at radius 3 is 2.86 bits per heavy atom. The molecule has 1 fully saturated rings. The lowest BCUT2D eigenvalue weighted by Gasteiger charge is -2.39. The summed E-state index contributed by atoms with van der Waals surface area (Å²) in [6, 6.07) is 7.62. The van der Waals surface area contributed by atoms with E-state index in [1.165, 1.54) is 5.56 Å². The number of phenolic OH excluding ortho intramolecular Hbond substituents is 1. The minimum atomic E-state index is -0.0847. The van der Waals surface area contributed by atoms with Gasteiger partial charge < -0.3 is 15.7 Å². The molecular formula is C16H25N3O2. The average Bonchev–Trinajstić information content (AvgIpc) is 2.53. The molecule has 1 aromatic carbocycles. The molecule has 1 amide bonds. The van der Waals surface area contributed by atoms with Gasteiger partial charge in [-0.15, -0.1) is 0 Å². The van der Waals surface area contributed by atoms with Crippen LogP contribution in [-0.4, -0.2) is 54.7 Å². The minimum Gasteiger partial charge on any atom is -0.508 e. The van der Waals surface area contributed by atoms with Crippen LogP contribution in [0.15, 0.2) is 24.3 Å². The lowest BCUT2D eigenvalue weighted by atomic mass is 10.0. The maximum atomic E-state index is 12.0. The van der Waals surface area contributed by atoms with Crippen molar-refractivity contribution in [3.8, 4) is 5.75 Å². The van der Waals surface area contributed by atoms with Gasteiger partial charge in [0, 0.05) is 32.7 Å². The highest BCUT2D eigenvalue weighted by atomic mass is 16.3. The van der Waals surface area contributed by atoms with Crippen molar-refractivity contribution in [3.63, 3.8) is 0 Å². The summed E-state index contributed by atoms with van der Waals surface area (Å²) in [6.07, 6.45) is 1.95. The minimum absolute atomic E-state index is 0.0821. The number of phenols is 1. The molecule has 3 N–H and O–H groups in total. The molecule has 1 aliphatic rings. The summed E-state index contributed by atoms with van der Waals surface area (Å²) in [5, 5.41) is 15.3. The van der Waals surface area contributed by atoms with Gasteiger partial charge in [-0.3, -0.25) is 9.69 Å². The van der Waals surface area contributed by atoms with Crippen molar-refractivity contribution in [1.29, 1.82) is 0 Å². The number of likely N-dealkylation sites (N-methyl/N-ethyl adjacent to an activating group) is 1. The summed E-state index contributed by atoms with van der Waals surface area (Å²) in [5.74, 6) is 0.382. The van der Waals surface area contributed by atoms with Crippen LogP contribution in [0.2, 0.25) is 0 Å². The van der Waals surface area contributed by atoms with Crippen LogP contribution in [0.4, 0.5) is 0 Å². The van der Waals surface area contributed by atoms with Gasteiger partial charge in [0.1, 0.15) is 11.8 Å². The number of piperazine rings is 1. The Labute approximate surface area is 126 Å². The number of carbonyl (C=O) groups excluding carboxylic acids is 1. The Morgan fingerprint density at radius 2 is 2.19 bits per heavy atom. The number of rotatable bonds is 5. The molecule has 1 aromatic rings. The van der Waals surface area contributed by atoms with Crippen molar-refractivity contribution in [3.05, 3.63) is 29.8 Å². The first-order chi connectivity index (χ1) is 10.1. The van der Waals surface area contributed by atoms with Crippen LogP contribution < -0.4 is 10.6 Å². The van der Waals surface area contributed by atoms with E-state index in [4.69, 9.17) is 0 Å². The van der Waals surface area contributed by atoms with E-state index in [0.29, 0.717) is 18.3 Å². The second-order valence-electron chi connectivity index (χ2n) is 5.63. The third kappa shape index (κ3) is 4.19. The number of nitrogens with one attached hydrogen (secondary N) is 2. The predicted octanol–water partition coefficient (Wildman–Crippen LogP) is 0.733. The molecular weight excluding hydrogens is 266 g/mol. The van der Waals surface area contributed by atoms with Crippen molar-refractivity contribution in [1.82, 2.24) is 15.5 Å². The van der Waals surface area contributed by atoms with Gasteiger partial charge in [0.15, 0.2) is 0 Å². The van der Waals surface area contributed by atoms with Gasteiger partial charge in [-0.2, -0.15) is 0 Å². The largest absolute Gasteiger partial charge is 0.508 e. The van der Waals surface area contributed by atoms with Gasteiger partial charge in [0.2, 0.25) is 5.91 Å². The third-order valence-electron chi connectivity index (χ3n) is 4.19. The Morgan fingerprint density at radius 1 is 1.48 bits per heavy atom. The Hall–Kier alpha value is -1.59. The maximum Gasteiger partial charge on any atom is 0.238 e. The van der Waals surface area contributed by atoms with E-state index in [1.54, 1.807) is 19.2 Å². The number of carbonyl (C=O) groups is 1. The van der Waals surface area contributed by atoms with Crippen LogP contribution in [-0.2, 0) is 11.2 Å². The number of aryl methyl sites for hydroxylation is 1. The number of nitrogens with zero attached hydrogens (tertiary/aromatic N) is 1. The van der Waals surface area contributed by atoms with E-state index in [0.717, 1.165) is 25.9 Å². The molecule has 2 atom stereocenters. The van der Waals surface area contributed by atoms with Crippen molar-refractivity contribution in [2.24, 2.45) is 0 Å². The second kappa shape index (κ2) is 7.43. The van der Waals surface area contributed by atoms with E-state index >= 15 is 0 Å². The van der Waals surface area contributed by atoms with Crippen molar-refractivity contribution in [2.45, 2.75) is 31.8 Å². The van der Waals surface area contributed by atoms with Crippen molar-refractivity contribution < 1.29 is 9.90 Å². The van der Waals surface area contributed by atoms with Crippen LogP contribution in [0.3, 0.4) is 0 Å². The van der Waals surface area contributed by atoms with E-state index < -0.39 is 0 Å². The summed E-state index contributed by atoms with van der Waals surface area (Å²) >= 11 is 0. The summed E-state index contributed by atoms with van der Waals surface area (Å²) in [4.78, 5) is 14.3. The molecule has 2 rings (SSSR count). The molecule has 0 aromatic heterocycles. The number of hydrogen-bond acceptors (Lipinski definition) is 4. The molecule has 116 valence electrons. The summed E-state index contributed by atoms with van der Waals surface area (Å²) in [6.45, 7) is 4.72. The van der Waals surface area contributed by atoms with Crippen LogP contribution in [0, 0.1) is 0 Å². The monoisotopic (exact) mass is 291 g/mol. The molecule has 21 heavy (non-hydrogen) atoms. The van der Waals surface area contributed by atoms with E-state index in [9.17, 15) is 9.90 Å². The van der Waals surface area contributed by atoms with Gasteiger partial charge >= 0.3 is 0 Å². The lowest BCUT2D eigenvalue weighted by molar-refractivity contribution is -0.127. The highest BCUT2D eigenvalue weighted by Gasteiger charge is 2.30. The van der Waals surface area contributed by atoms with Crippen molar-refractivity contribution in [2.75, 3.05) is 26.7 Å². The van der Waals surface area contributed by atoms with Gasteiger partial charge in [0.25, 0.3) is 0 Å². The van der Waals surface area contributed by atoms with E-state index in [2.05, 4.69) is 22.5 Å². The number of hydrogen-bond donors (Lipinski definition) is 3. The van der Waals surface area contributed by atoms with Gasteiger partial charge in [-0.1, -0.05) is 12.1 Å².